The molecule has 1 aromatic rings. The highest BCUT2D eigenvalue weighted by Gasteiger charge is 2.21. The molecule has 0 saturated carbocycles. The van der Waals surface area contributed by atoms with Crippen LogP contribution in [0.2, 0.25) is 0 Å². The Morgan fingerprint density at radius 1 is 1.29 bits per heavy atom. The van der Waals surface area contributed by atoms with E-state index >= 15 is 0 Å². The van der Waals surface area contributed by atoms with Gasteiger partial charge >= 0.3 is 12.1 Å². The molecule has 0 saturated heterocycles. The number of esters is 1. The van der Waals surface area contributed by atoms with Crippen molar-refractivity contribution in [1.82, 2.24) is 10.9 Å². The Hall–Kier alpha value is -1.87. The Morgan fingerprint density at radius 2 is 1.95 bits per heavy atom. The van der Waals surface area contributed by atoms with Gasteiger partial charge in [-0.1, -0.05) is 0 Å². The number of aryl methyl sites for hydroxylation is 1. The highest BCUT2D eigenvalue weighted by molar-refractivity contribution is 7.80. The molecule has 0 fully saturated rings. The van der Waals surface area contributed by atoms with Crippen LogP contribution in [0.5, 0.6) is 0 Å². The van der Waals surface area contributed by atoms with E-state index in [2.05, 4.69) is 20.9 Å². The molecule has 116 valence electrons. The summed E-state index contributed by atoms with van der Waals surface area (Å²) in [6, 6.07) is 0. The van der Waals surface area contributed by atoms with Crippen molar-refractivity contribution in [2.24, 2.45) is 0 Å². The number of rotatable bonds is 3. The number of hydrogen-bond acceptors (Lipinski definition) is 6. The van der Waals surface area contributed by atoms with Crippen molar-refractivity contribution >= 4 is 45.7 Å². The van der Waals surface area contributed by atoms with Crippen molar-refractivity contribution in [3.8, 4) is 0 Å². The van der Waals surface area contributed by atoms with Gasteiger partial charge in [-0.15, -0.1) is 11.3 Å². The molecule has 0 aliphatic heterocycles. The standard InChI is InChI=1S/C12H17N3O4S2/c1-5-19-10(16)8-6(2)7(3)21-9(8)13-11(20)14-15-12(17)18-4/h5H2,1-4H3,(H,15,17)(H2,13,14,20). The van der Waals surface area contributed by atoms with Crippen molar-refractivity contribution in [2.45, 2.75) is 20.8 Å². The number of hydrazine groups is 1. The van der Waals surface area contributed by atoms with Crippen LogP contribution in [-0.2, 0) is 9.47 Å². The molecular formula is C12H17N3O4S2. The lowest BCUT2D eigenvalue weighted by Crippen LogP contribution is -2.43. The Kier molecular flexibility index (Phi) is 6.38. The van der Waals surface area contributed by atoms with E-state index in [0.717, 1.165) is 10.4 Å². The summed E-state index contributed by atoms with van der Waals surface area (Å²) in [4.78, 5) is 23.9. The number of thiophene rings is 1. The number of carbonyl (C=O) groups excluding carboxylic acids is 2. The van der Waals surface area contributed by atoms with Crippen LogP contribution in [0.15, 0.2) is 0 Å². The van der Waals surface area contributed by atoms with Gasteiger partial charge in [-0.2, -0.15) is 0 Å². The second-order valence-electron chi connectivity index (χ2n) is 3.90. The van der Waals surface area contributed by atoms with Crippen molar-refractivity contribution in [3.05, 3.63) is 16.0 Å². The highest BCUT2D eigenvalue weighted by Crippen LogP contribution is 2.32. The topological polar surface area (TPSA) is 88.7 Å². The summed E-state index contributed by atoms with van der Waals surface area (Å²) in [5, 5.41) is 3.55. The number of hydrogen-bond donors (Lipinski definition) is 3. The first kappa shape index (κ1) is 17.2. The molecule has 0 aliphatic carbocycles. The van der Waals surface area contributed by atoms with Crippen LogP contribution in [0, 0.1) is 13.8 Å². The third-order valence-electron chi connectivity index (χ3n) is 2.56. The summed E-state index contributed by atoms with van der Waals surface area (Å²) in [6.45, 7) is 5.77. The summed E-state index contributed by atoms with van der Waals surface area (Å²) in [5.74, 6) is -0.412. The number of anilines is 1. The molecule has 3 N–H and O–H groups in total. The van der Waals surface area contributed by atoms with E-state index in [4.69, 9.17) is 17.0 Å². The molecular weight excluding hydrogens is 314 g/mol. The maximum Gasteiger partial charge on any atom is 0.425 e. The minimum atomic E-state index is -0.677. The van der Waals surface area contributed by atoms with Gasteiger partial charge in [0.1, 0.15) is 5.00 Å². The Morgan fingerprint density at radius 3 is 2.52 bits per heavy atom. The van der Waals surface area contributed by atoms with E-state index in [-0.39, 0.29) is 5.11 Å². The van der Waals surface area contributed by atoms with Gasteiger partial charge in [0.2, 0.25) is 0 Å². The molecule has 1 heterocycles. The van der Waals surface area contributed by atoms with E-state index in [1.807, 2.05) is 13.8 Å². The summed E-state index contributed by atoms with van der Waals surface area (Å²) in [6.07, 6.45) is -0.677. The Balaban J connectivity index is 2.83. The summed E-state index contributed by atoms with van der Waals surface area (Å²) in [7, 11) is 1.23. The number of nitrogens with one attached hydrogen (secondary N) is 3. The third kappa shape index (κ3) is 4.57. The van der Waals surface area contributed by atoms with Crippen molar-refractivity contribution < 1.29 is 19.1 Å². The molecule has 0 atom stereocenters. The lowest BCUT2D eigenvalue weighted by Gasteiger charge is -2.11. The second kappa shape index (κ2) is 7.79. The van der Waals surface area contributed by atoms with E-state index < -0.39 is 12.1 Å². The maximum atomic E-state index is 12.0. The van der Waals surface area contributed by atoms with Gasteiger partial charge in [-0.05, 0) is 38.6 Å². The number of thiocarbonyl (C=S) groups is 1. The van der Waals surface area contributed by atoms with Crippen LogP contribution in [0.3, 0.4) is 0 Å². The van der Waals surface area contributed by atoms with Gasteiger partial charge in [0.25, 0.3) is 0 Å². The molecule has 0 bridgehead atoms. The van der Waals surface area contributed by atoms with Crippen LogP contribution in [-0.4, -0.2) is 30.9 Å². The highest BCUT2D eigenvalue weighted by atomic mass is 32.1. The minimum absolute atomic E-state index is 0.132. The largest absolute Gasteiger partial charge is 0.462 e. The van der Waals surface area contributed by atoms with E-state index in [0.29, 0.717) is 17.2 Å². The van der Waals surface area contributed by atoms with Gasteiger partial charge in [0.05, 0.1) is 19.3 Å². The number of amides is 1. The van der Waals surface area contributed by atoms with Crippen molar-refractivity contribution in [1.29, 1.82) is 0 Å². The van der Waals surface area contributed by atoms with Crippen molar-refractivity contribution in [3.63, 3.8) is 0 Å². The molecule has 7 nitrogen and oxygen atoms in total. The van der Waals surface area contributed by atoms with Gasteiger partial charge in [-0.25, -0.2) is 15.0 Å². The van der Waals surface area contributed by atoms with Gasteiger partial charge < -0.3 is 14.8 Å². The fourth-order valence-corrected chi connectivity index (χ4v) is 2.73. The molecule has 1 aromatic heterocycles. The van der Waals surface area contributed by atoms with Crippen LogP contribution >= 0.6 is 23.6 Å². The number of ether oxygens (including phenoxy) is 2. The molecule has 0 spiro atoms. The normalized spacial score (nSPS) is 9.71. The molecule has 1 rings (SSSR count). The average Bonchev–Trinajstić information content (AvgIpc) is 2.71. The fraction of sp³-hybridized carbons (Fsp3) is 0.417. The lowest BCUT2D eigenvalue weighted by atomic mass is 10.1. The van der Waals surface area contributed by atoms with Crippen LogP contribution < -0.4 is 16.2 Å². The fourth-order valence-electron chi connectivity index (χ4n) is 1.46. The molecule has 21 heavy (non-hydrogen) atoms. The van der Waals surface area contributed by atoms with E-state index in [9.17, 15) is 9.59 Å². The third-order valence-corrected chi connectivity index (χ3v) is 3.88. The van der Waals surface area contributed by atoms with Gasteiger partial charge in [-0.3, -0.25) is 5.43 Å². The quantitative estimate of drug-likeness (QED) is 0.444. The average molecular weight is 331 g/mol. The molecule has 0 aliphatic rings. The molecule has 0 aromatic carbocycles. The van der Waals surface area contributed by atoms with Crippen LogP contribution in [0.25, 0.3) is 0 Å². The van der Waals surface area contributed by atoms with E-state index in [1.165, 1.54) is 18.4 Å². The zero-order valence-electron chi connectivity index (χ0n) is 12.2. The van der Waals surface area contributed by atoms with Crippen molar-refractivity contribution in [2.75, 3.05) is 19.0 Å². The van der Waals surface area contributed by atoms with Gasteiger partial charge in [0, 0.05) is 4.88 Å². The number of methoxy groups -OCH3 is 1. The lowest BCUT2D eigenvalue weighted by molar-refractivity contribution is 0.0527. The zero-order valence-corrected chi connectivity index (χ0v) is 13.8. The van der Waals surface area contributed by atoms with E-state index in [1.54, 1.807) is 6.92 Å². The Labute approximate surface area is 132 Å². The zero-order chi connectivity index (χ0) is 16.0. The first-order valence-corrected chi connectivity index (χ1v) is 7.31. The molecule has 0 radical (unpaired) electrons. The Bertz CT molecular complexity index is 557. The number of carbonyl (C=O) groups is 2. The van der Waals surface area contributed by atoms with Crippen LogP contribution in [0.1, 0.15) is 27.7 Å². The summed E-state index contributed by atoms with van der Waals surface area (Å²) < 4.78 is 9.43. The molecule has 9 heteroatoms. The van der Waals surface area contributed by atoms with Crippen LogP contribution in [0.4, 0.5) is 9.80 Å². The first-order valence-electron chi connectivity index (χ1n) is 6.08. The summed E-state index contributed by atoms with van der Waals surface area (Å²) >= 11 is 6.41. The smallest absolute Gasteiger partial charge is 0.425 e. The predicted octanol–water partition coefficient (Wildman–Crippen LogP) is 2.10. The minimum Gasteiger partial charge on any atom is -0.462 e. The SMILES string of the molecule is CCOC(=O)c1c(NC(=S)NNC(=O)OC)sc(C)c1C. The molecule has 0 unspecified atom stereocenters. The second-order valence-corrected chi connectivity index (χ2v) is 5.54. The monoisotopic (exact) mass is 331 g/mol. The maximum absolute atomic E-state index is 12.0. The summed E-state index contributed by atoms with van der Waals surface area (Å²) in [5.41, 5.74) is 5.96. The van der Waals surface area contributed by atoms with Gasteiger partial charge in [0.15, 0.2) is 5.11 Å². The predicted molar refractivity (Wildman–Crippen MR) is 84.6 cm³/mol. The first-order chi connectivity index (χ1) is 9.90. The molecule has 1 amide bonds.